The number of nitrogens with zero attached hydrogens (tertiary/aromatic N) is 3. The number of nitrogens with one attached hydrogen (secondary N) is 2. The fraction of sp³-hybridized carbons (Fsp3) is 0.400. The van der Waals surface area contributed by atoms with Crippen molar-refractivity contribution in [1.82, 2.24) is 25.6 Å². The molecule has 2 rings (SSSR count). The Hall–Kier alpha value is -2.21. The van der Waals surface area contributed by atoms with E-state index in [0.717, 1.165) is 5.69 Å². The molecule has 0 fully saturated rings. The lowest BCUT2D eigenvalue weighted by atomic mass is 10.0. The van der Waals surface area contributed by atoms with Crippen LogP contribution < -0.4 is 10.6 Å². The Morgan fingerprint density at radius 2 is 2.10 bits per heavy atom. The third-order valence-corrected chi connectivity index (χ3v) is 3.22. The zero-order valence-electron chi connectivity index (χ0n) is 12.4. The highest BCUT2D eigenvalue weighted by atomic mass is 16.2. The predicted molar refractivity (Wildman–Crippen MR) is 80.7 cm³/mol. The van der Waals surface area contributed by atoms with Crippen LogP contribution in [0.3, 0.4) is 0 Å². The first-order valence-corrected chi connectivity index (χ1v) is 7.04. The van der Waals surface area contributed by atoms with Crippen molar-refractivity contribution in [2.45, 2.75) is 25.9 Å². The Bertz CT molecular complexity index is 566. The third-order valence-electron chi connectivity index (χ3n) is 3.22. The van der Waals surface area contributed by atoms with Crippen LogP contribution in [0, 0.1) is 0 Å². The second-order valence-corrected chi connectivity index (χ2v) is 5.05. The van der Waals surface area contributed by atoms with Crippen molar-refractivity contribution >= 4 is 5.91 Å². The summed E-state index contributed by atoms with van der Waals surface area (Å²) in [7, 11) is 1.84. The minimum Gasteiger partial charge on any atom is -0.354 e. The van der Waals surface area contributed by atoms with Crippen LogP contribution in [0.1, 0.15) is 24.1 Å². The quantitative estimate of drug-likeness (QED) is 0.794. The average Bonchev–Trinajstić information content (AvgIpc) is 2.93. The molecule has 6 heteroatoms. The summed E-state index contributed by atoms with van der Waals surface area (Å²) in [5, 5.41) is 13.8. The molecule has 1 heterocycles. The molecule has 2 N–H and O–H groups in total. The molecule has 112 valence electrons. The van der Waals surface area contributed by atoms with Crippen LogP contribution in [-0.2, 0) is 17.9 Å². The predicted octanol–water partition coefficient (Wildman–Crippen LogP) is 0.917. The molecule has 6 nitrogen and oxygen atoms in total. The fourth-order valence-electron chi connectivity index (χ4n) is 2.05. The Morgan fingerprint density at radius 3 is 2.81 bits per heavy atom. The van der Waals surface area contributed by atoms with E-state index in [4.69, 9.17) is 0 Å². The van der Waals surface area contributed by atoms with E-state index in [-0.39, 0.29) is 18.4 Å². The van der Waals surface area contributed by atoms with Crippen molar-refractivity contribution < 1.29 is 4.79 Å². The first-order valence-electron chi connectivity index (χ1n) is 7.04. The number of hydrogen-bond donors (Lipinski definition) is 2. The van der Waals surface area contributed by atoms with E-state index in [0.29, 0.717) is 13.1 Å². The highest BCUT2D eigenvalue weighted by molar-refractivity contribution is 5.75. The smallest absolute Gasteiger partial charge is 0.241 e. The molecule has 0 saturated carbocycles. The zero-order valence-corrected chi connectivity index (χ0v) is 12.4. The second-order valence-electron chi connectivity index (χ2n) is 5.05. The molecule has 1 unspecified atom stereocenters. The van der Waals surface area contributed by atoms with Crippen LogP contribution in [0.15, 0.2) is 36.5 Å². The topological polar surface area (TPSA) is 71.8 Å². The SMILES string of the molecule is CNCc1cn(CC(=O)NCC(C)c2ccccc2)nn1. The van der Waals surface area contributed by atoms with Crippen molar-refractivity contribution in [1.29, 1.82) is 0 Å². The number of carbonyl (C=O) groups is 1. The minimum absolute atomic E-state index is 0.0568. The Labute approximate surface area is 124 Å². The molecule has 0 aliphatic carbocycles. The second kappa shape index (κ2) is 7.54. The lowest BCUT2D eigenvalue weighted by Gasteiger charge is -2.12. The monoisotopic (exact) mass is 287 g/mol. The van der Waals surface area contributed by atoms with Gasteiger partial charge in [0.2, 0.25) is 5.91 Å². The minimum atomic E-state index is -0.0568. The first kappa shape index (κ1) is 15.2. The summed E-state index contributed by atoms with van der Waals surface area (Å²) < 4.78 is 1.55. The van der Waals surface area contributed by atoms with Gasteiger partial charge in [-0.2, -0.15) is 0 Å². The van der Waals surface area contributed by atoms with E-state index in [1.54, 1.807) is 10.9 Å². The summed E-state index contributed by atoms with van der Waals surface area (Å²) in [6.07, 6.45) is 1.77. The molecule has 0 spiro atoms. The van der Waals surface area contributed by atoms with Crippen LogP contribution >= 0.6 is 0 Å². The van der Waals surface area contributed by atoms with Crippen molar-refractivity contribution in [2.24, 2.45) is 0 Å². The standard InChI is InChI=1S/C15H21N5O/c1-12(13-6-4-3-5-7-13)8-17-15(21)11-20-10-14(9-16-2)18-19-20/h3-7,10,12,16H,8-9,11H2,1-2H3,(H,17,21). The number of amides is 1. The summed E-state index contributed by atoms with van der Waals surface area (Å²) in [6, 6.07) is 10.1. The van der Waals surface area contributed by atoms with Crippen molar-refractivity contribution in [3.05, 3.63) is 47.8 Å². The lowest BCUT2D eigenvalue weighted by Crippen LogP contribution is -2.30. The molecular formula is C15H21N5O. The van der Waals surface area contributed by atoms with Crippen LogP contribution in [0.2, 0.25) is 0 Å². The molecule has 1 aromatic heterocycles. The third kappa shape index (κ3) is 4.68. The molecule has 1 aromatic carbocycles. The molecule has 2 aromatic rings. The number of carbonyl (C=O) groups excluding carboxylic acids is 1. The lowest BCUT2D eigenvalue weighted by molar-refractivity contribution is -0.121. The van der Waals surface area contributed by atoms with Gasteiger partial charge in [0, 0.05) is 13.1 Å². The molecule has 0 aliphatic rings. The number of rotatable bonds is 7. The van der Waals surface area contributed by atoms with E-state index in [2.05, 4.69) is 40.0 Å². The number of aromatic nitrogens is 3. The van der Waals surface area contributed by atoms with E-state index in [9.17, 15) is 4.79 Å². The fourth-order valence-corrected chi connectivity index (χ4v) is 2.05. The van der Waals surface area contributed by atoms with Gasteiger partial charge < -0.3 is 10.6 Å². The molecule has 0 saturated heterocycles. The molecule has 0 radical (unpaired) electrons. The molecule has 0 aliphatic heterocycles. The molecule has 21 heavy (non-hydrogen) atoms. The number of hydrogen-bond acceptors (Lipinski definition) is 4. The molecule has 1 atom stereocenters. The summed E-state index contributed by atoms with van der Waals surface area (Å²) in [4.78, 5) is 11.9. The Kier molecular flexibility index (Phi) is 5.45. The maximum absolute atomic E-state index is 11.9. The Balaban J connectivity index is 1.79. The largest absolute Gasteiger partial charge is 0.354 e. The van der Waals surface area contributed by atoms with Gasteiger partial charge in [0.1, 0.15) is 6.54 Å². The highest BCUT2D eigenvalue weighted by Crippen LogP contribution is 2.12. The summed E-state index contributed by atoms with van der Waals surface area (Å²) in [6.45, 7) is 3.54. The van der Waals surface area contributed by atoms with E-state index in [1.165, 1.54) is 5.56 Å². The molecular weight excluding hydrogens is 266 g/mol. The zero-order chi connectivity index (χ0) is 15.1. The van der Waals surface area contributed by atoms with Crippen molar-refractivity contribution in [3.8, 4) is 0 Å². The van der Waals surface area contributed by atoms with Crippen LogP contribution in [-0.4, -0.2) is 34.5 Å². The van der Waals surface area contributed by atoms with Gasteiger partial charge >= 0.3 is 0 Å². The number of benzene rings is 1. The van der Waals surface area contributed by atoms with Crippen LogP contribution in [0.5, 0.6) is 0 Å². The van der Waals surface area contributed by atoms with E-state index < -0.39 is 0 Å². The van der Waals surface area contributed by atoms with E-state index in [1.807, 2.05) is 25.2 Å². The van der Waals surface area contributed by atoms with Gasteiger partial charge in [-0.1, -0.05) is 42.5 Å². The normalized spacial score (nSPS) is 12.1. The maximum atomic E-state index is 11.9. The summed E-state index contributed by atoms with van der Waals surface area (Å²) in [5.74, 6) is 0.226. The van der Waals surface area contributed by atoms with Crippen molar-refractivity contribution in [3.63, 3.8) is 0 Å². The maximum Gasteiger partial charge on any atom is 0.241 e. The molecule has 0 bridgehead atoms. The Morgan fingerprint density at radius 1 is 1.33 bits per heavy atom. The van der Waals surface area contributed by atoms with Gasteiger partial charge in [-0.05, 0) is 18.5 Å². The first-order chi connectivity index (χ1) is 10.2. The molecule has 1 amide bonds. The van der Waals surface area contributed by atoms with Gasteiger partial charge in [0.25, 0.3) is 0 Å². The highest BCUT2D eigenvalue weighted by Gasteiger charge is 2.09. The van der Waals surface area contributed by atoms with Gasteiger partial charge in [0.15, 0.2) is 0 Å². The van der Waals surface area contributed by atoms with Crippen LogP contribution in [0.25, 0.3) is 0 Å². The van der Waals surface area contributed by atoms with Gasteiger partial charge in [-0.25, -0.2) is 4.68 Å². The van der Waals surface area contributed by atoms with Gasteiger partial charge in [0.05, 0.1) is 11.9 Å². The van der Waals surface area contributed by atoms with Crippen LogP contribution in [0.4, 0.5) is 0 Å². The van der Waals surface area contributed by atoms with Gasteiger partial charge in [-0.15, -0.1) is 5.10 Å². The van der Waals surface area contributed by atoms with Crippen molar-refractivity contribution in [2.75, 3.05) is 13.6 Å². The summed E-state index contributed by atoms with van der Waals surface area (Å²) >= 11 is 0. The average molecular weight is 287 g/mol. The van der Waals surface area contributed by atoms with E-state index >= 15 is 0 Å². The van der Waals surface area contributed by atoms with Gasteiger partial charge in [-0.3, -0.25) is 4.79 Å². The summed E-state index contributed by atoms with van der Waals surface area (Å²) in [5.41, 5.74) is 2.04.